The highest BCUT2D eigenvalue weighted by Crippen LogP contribution is 2.20. The van der Waals surface area contributed by atoms with E-state index >= 15 is 0 Å². The van der Waals surface area contributed by atoms with E-state index < -0.39 is 0 Å². The van der Waals surface area contributed by atoms with Crippen LogP contribution in [0.2, 0.25) is 0 Å². The fourth-order valence-corrected chi connectivity index (χ4v) is 2.46. The lowest BCUT2D eigenvalue weighted by molar-refractivity contribution is 0.894. The van der Waals surface area contributed by atoms with Crippen LogP contribution in [0.4, 0.5) is 0 Å². The molecular weight excluding hydrogens is 254 g/mol. The van der Waals surface area contributed by atoms with E-state index in [1.54, 1.807) is 16.8 Å². The first-order chi connectivity index (χ1) is 8.25. The molecule has 0 bridgehead atoms. The number of thiol groups is 1. The van der Waals surface area contributed by atoms with E-state index in [1.807, 2.05) is 18.2 Å². The van der Waals surface area contributed by atoms with Crippen molar-refractivity contribution in [2.75, 3.05) is 0 Å². The molecule has 0 unspecified atom stereocenters. The van der Waals surface area contributed by atoms with Gasteiger partial charge in [-0.05, 0) is 18.2 Å². The number of hydrogen-bond donors (Lipinski definition) is 1. The van der Waals surface area contributed by atoms with E-state index in [2.05, 4.69) is 22.6 Å². The second-order valence-corrected chi connectivity index (χ2v) is 4.83. The highest BCUT2D eigenvalue weighted by atomic mass is 32.1. The number of fused-ring (bicyclic) bond motifs is 1. The van der Waals surface area contributed by atoms with E-state index in [9.17, 15) is 4.79 Å². The van der Waals surface area contributed by atoms with Crippen molar-refractivity contribution in [2.45, 2.75) is 4.90 Å². The second-order valence-electron chi connectivity index (χ2n) is 3.46. The summed E-state index contributed by atoms with van der Waals surface area (Å²) in [7, 11) is 0. The van der Waals surface area contributed by atoms with Gasteiger partial charge in [0.25, 0.3) is 5.56 Å². The van der Waals surface area contributed by atoms with Crippen molar-refractivity contribution in [1.82, 2.24) is 14.5 Å². The van der Waals surface area contributed by atoms with Crippen molar-refractivity contribution in [3.8, 4) is 5.69 Å². The smallest absolute Gasteiger partial charge is 0.268 e. The van der Waals surface area contributed by atoms with E-state index in [0.29, 0.717) is 4.90 Å². The Morgan fingerprint density at radius 1 is 1.35 bits per heavy atom. The molecule has 3 aromatic rings. The van der Waals surface area contributed by atoms with Crippen molar-refractivity contribution in [3.63, 3.8) is 0 Å². The van der Waals surface area contributed by atoms with Gasteiger partial charge in [0.1, 0.15) is 6.33 Å². The van der Waals surface area contributed by atoms with Crippen LogP contribution in [0, 0.1) is 0 Å². The summed E-state index contributed by atoms with van der Waals surface area (Å²) in [4.78, 5) is 20.4. The molecule has 6 heteroatoms. The van der Waals surface area contributed by atoms with Crippen LogP contribution in [0.3, 0.4) is 0 Å². The van der Waals surface area contributed by atoms with Gasteiger partial charge >= 0.3 is 0 Å². The third kappa shape index (κ3) is 1.75. The lowest BCUT2D eigenvalue weighted by Crippen LogP contribution is -2.18. The number of aromatic nitrogens is 3. The molecular formula is C11H7N3OS2. The van der Waals surface area contributed by atoms with Crippen LogP contribution in [0.25, 0.3) is 15.9 Å². The Morgan fingerprint density at radius 3 is 3.12 bits per heavy atom. The monoisotopic (exact) mass is 261 g/mol. The molecule has 0 amide bonds. The minimum absolute atomic E-state index is 0.174. The lowest BCUT2D eigenvalue weighted by Gasteiger charge is -2.04. The van der Waals surface area contributed by atoms with Gasteiger partial charge in [-0.25, -0.2) is 9.97 Å². The van der Waals surface area contributed by atoms with Crippen molar-refractivity contribution >= 4 is 34.2 Å². The molecule has 2 heterocycles. The van der Waals surface area contributed by atoms with Crippen LogP contribution in [0.1, 0.15) is 0 Å². The quantitative estimate of drug-likeness (QED) is 0.683. The Kier molecular flexibility index (Phi) is 2.45. The number of hydrogen-bond acceptors (Lipinski definition) is 5. The third-order valence-electron chi connectivity index (χ3n) is 2.41. The van der Waals surface area contributed by atoms with E-state index in [-0.39, 0.29) is 5.56 Å². The van der Waals surface area contributed by atoms with Crippen molar-refractivity contribution in [3.05, 3.63) is 46.6 Å². The zero-order valence-corrected chi connectivity index (χ0v) is 10.3. The zero-order valence-electron chi connectivity index (χ0n) is 8.57. The van der Waals surface area contributed by atoms with Crippen LogP contribution in [-0.2, 0) is 0 Å². The van der Waals surface area contributed by atoms with Gasteiger partial charge < -0.3 is 0 Å². The Morgan fingerprint density at radius 2 is 2.24 bits per heavy atom. The largest absolute Gasteiger partial charge is 0.271 e. The Balaban J connectivity index is 2.26. The van der Waals surface area contributed by atoms with Gasteiger partial charge in [0.15, 0.2) is 0 Å². The topological polar surface area (TPSA) is 47.8 Å². The Hall–Kier alpha value is -1.66. The molecule has 0 saturated carbocycles. The summed E-state index contributed by atoms with van der Waals surface area (Å²) in [6.45, 7) is 0. The van der Waals surface area contributed by atoms with Crippen LogP contribution < -0.4 is 5.56 Å². The minimum Gasteiger partial charge on any atom is -0.268 e. The summed E-state index contributed by atoms with van der Waals surface area (Å²) in [5.74, 6) is 0. The molecule has 0 saturated heterocycles. The van der Waals surface area contributed by atoms with Gasteiger partial charge in [-0.15, -0.1) is 24.0 Å². The number of rotatable bonds is 1. The van der Waals surface area contributed by atoms with Crippen LogP contribution >= 0.6 is 24.0 Å². The average Bonchev–Trinajstić information content (AvgIpc) is 2.79. The van der Waals surface area contributed by atoms with Gasteiger partial charge in [0, 0.05) is 6.20 Å². The summed E-state index contributed by atoms with van der Waals surface area (Å²) in [5.41, 5.74) is 3.31. The molecule has 0 aliphatic heterocycles. The molecule has 2 aromatic heterocycles. The van der Waals surface area contributed by atoms with Crippen LogP contribution in [-0.4, -0.2) is 14.5 Å². The Bertz CT molecular complexity index is 748. The van der Waals surface area contributed by atoms with Crippen molar-refractivity contribution in [1.29, 1.82) is 0 Å². The molecule has 17 heavy (non-hydrogen) atoms. The predicted octanol–water partition coefficient (Wildman–Crippen LogP) is 2.13. The molecule has 1 aromatic carbocycles. The van der Waals surface area contributed by atoms with Crippen LogP contribution in [0.5, 0.6) is 0 Å². The molecule has 0 aliphatic rings. The van der Waals surface area contributed by atoms with Gasteiger partial charge in [-0.2, -0.15) is 0 Å². The first-order valence-corrected chi connectivity index (χ1v) is 6.17. The molecule has 4 nitrogen and oxygen atoms in total. The average molecular weight is 261 g/mol. The third-order valence-corrected chi connectivity index (χ3v) is 3.51. The fraction of sp³-hybridized carbons (Fsp3) is 0. The summed E-state index contributed by atoms with van der Waals surface area (Å²) in [5, 5.41) is 0. The highest BCUT2D eigenvalue weighted by molar-refractivity contribution is 7.80. The van der Waals surface area contributed by atoms with Gasteiger partial charge in [-0.1, -0.05) is 0 Å². The molecule has 0 radical (unpaired) electrons. The molecule has 3 rings (SSSR count). The standard InChI is InChI=1S/C11H7N3OS2/c15-11-9(16)4-12-5-14(11)7-1-2-8-10(3-7)17-6-13-8/h1-6,16H. The second kappa shape index (κ2) is 3.97. The maximum atomic E-state index is 11.9. The van der Waals surface area contributed by atoms with Crippen molar-refractivity contribution in [2.24, 2.45) is 0 Å². The highest BCUT2D eigenvalue weighted by Gasteiger charge is 2.04. The minimum atomic E-state index is -0.174. The number of nitrogens with zero attached hydrogens (tertiary/aromatic N) is 3. The number of benzene rings is 1. The van der Waals surface area contributed by atoms with Crippen molar-refractivity contribution < 1.29 is 0 Å². The fourth-order valence-electron chi connectivity index (χ4n) is 1.58. The molecule has 0 spiro atoms. The normalized spacial score (nSPS) is 10.9. The maximum Gasteiger partial charge on any atom is 0.271 e. The van der Waals surface area contributed by atoms with Gasteiger partial charge in [0.05, 0.1) is 26.3 Å². The molecule has 0 fully saturated rings. The predicted molar refractivity (Wildman–Crippen MR) is 70.3 cm³/mol. The SMILES string of the molecule is O=c1c(S)cncn1-c1ccc2ncsc2c1. The van der Waals surface area contributed by atoms with Gasteiger partial charge in [0.2, 0.25) is 0 Å². The summed E-state index contributed by atoms with van der Waals surface area (Å²) in [6.07, 6.45) is 2.93. The van der Waals surface area contributed by atoms with E-state index in [1.165, 1.54) is 17.1 Å². The first kappa shape index (κ1) is 10.5. The van der Waals surface area contributed by atoms with Crippen LogP contribution in [0.15, 0.2) is 45.9 Å². The maximum absolute atomic E-state index is 11.9. The molecule has 0 aliphatic carbocycles. The van der Waals surface area contributed by atoms with E-state index in [4.69, 9.17) is 0 Å². The lowest BCUT2D eigenvalue weighted by atomic mass is 10.3. The summed E-state index contributed by atoms with van der Waals surface area (Å²) in [6, 6.07) is 5.65. The first-order valence-electron chi connectivity index (χ1n) is 4.85. The molecule has 0 atom stereocenters. The Labute approximate surface area is 106 Å². The summed E-state index contributed by atoms with van der Waals surface area (Å²) < 4.78 is 2.51. The van der Waals surface area contributed by atoms with Gasteiger partial charge in [-0.3, -0.25) is 9.36 Å². The molecule has 0 N–H and O–H groups in total. The number of thiazole rings is 1. The summed E-state index contributed by atoms with van der Waals surface area (Å²) >= 11 is 5.61. The zero-order chi connectivity index (χ0) is 11.8. The molecule has 84 valence electrons. The van der Waals surface area contributed by atoms with E-state index in [0.717, 1.165) is 15.9 Å².